The van der Waals surface area contributed by atoms with E-state index in [0.29, 0.717) is 33.7 Å². The van der Waals surface area contributed by atoms with Crippen molar-refractivity contribution < 1.29 is 23.4 Å². The second-order valence-corrected chi connectivity index (χ2v) is 10.0. The van der Waals surface area contributed by atoms with E-state index in [9.17, 15) is 14.3 Å². The van der Waals surface area contributed by atoms with Crippen LogP contribution in [0.4, 0.5) is 8.78 Å². The van der Waals surface area contributed by atoms with Gasteiger partial charge in [-0.25, -0.2) is 23.5 Å². The molecule has 0 saturated heterocycles. The van der Waals surface area contributed by atoms with Gasteiger partial charge in [0.05, 0.1) is 33.9 Å². The fourth-order valence-electron chi connectivity index (χ4n) is 5.01. The molecule has 0 aliphatic heterocycles. The number of ether oxygens (including phenoxy) is 1. The standard InChI is InChI=1S/C32H24F2N4O3/c33-25-13-19(17-35)7-8-23(25)18-41-31-6-2-5-27(37-31)21-10-9-20(26(34)14-21)16-30-36-28-12-11-22(32(39)40)15-29(28)38(30)24-3-1-4-24/h2,5-15,24H,1,3-4,16,18H2,(H,39,40). The first kappa shape index (κ1) is 26.1. The first-order valence-electron chi connectivity index (χ1n) is 13.2. The van der Waals surface area contributed by atoms with Crippen molar-refractivity contribution in [2.45, 2.75) is 38.3 Å². The van der Waals surface area contributed by atoms with Crippen LogP contribution in [0.5, 0.6) is 5.88 Å². The fraction of sp³-hybridized carbons (Fsp3) is 0.188. The van der Waals surface area contributed by atoms with Crippen LogP contribution in [0.2, 0.25) is 0 Å². The summed E-state index contributed by atoms with van der Waals surface area (Å²) in [7, 11) is 0. The van der Waals surface area contributed by atoms with Crippen LogP contribution in [0, 0.1) is 23.0 Å². The van der Waals surface area contributed by atoms with Crippen LogP contribution in [0.3, 0.4) is 0 Å². The van der Waals surface area contributed by atoms with Gasteiger partial charge in [-0.2, -0.15) is 5.26 Å². The third-order valence-corrected chi connectivity index (χ3v) is 7.43. The molecule has 1 fully saturated rings. The van der Waals surface area contributed by atoms with Crippen LogP contribution in [0.1, 0.15) is 58.2 Å². The molecule has 0 bridgehead atoms. The van der Waals surface area contributed by atoms with Crippen LogP contribution in [-0.4, -0.2) is 25.6 Å². The number of hydrogen-bond donors (Lipinski definition) is 1. The Hall–Kier alpha value is -5.10. The zero-order valence-corrected chi connectivity index (χ0v) is 21.8. The van der Waals surface area contributed by atoms with Crippen LogP contribution < -0.4 is 4.74 Å². The maximum absolute atomic E-state index is 15.4. The number of carbonyl (C=O) groups is 1. The maximum atomic E-state index is 15.4. The number of carboxylic acid groups (broad SMARTS) is 1. The molecule has 41 heavy (non-hydrogen) atoms. The van der Waals surface area contributed by atoms with Crippen molar-refractivity contribution in [2.75, 3.05) is 0 Å². The smallest absolute Gasteiger partial charge is 0.335 e. The lowest BCUT2D eigenvalue weighted by Gasteiger charge is -2.29. The van der Waals surface area contributed by atoms with E-state index in [1.807, 2.05) is 6.07 Å². The number of carboxylic acids is 1. The number of nitrogens with zero attached hydrogens (tertiary/aromatic N) is 4. The molecule has 2 heterocycles. The molecule has 0 unspecified atom stereocenters. The average molecular weight is 551 g/mol. The van der Waals surface area contributed by atoms with Gasteiger partial charge >= 0.3 is 5.97 Å². The maximum Gasteiger partial charge on any atom is 0.335 e. The van der Waals surface area contributed by atoms with Crippen molar-refractivity contribution in [2.24, 2.45) is 0 Å². The summed E-state index contributed by atoms with van der Waals surface area (Å²) < 4.78 is 37.4. The van der Waals surface area contributed by atoms with Gasteiger partial charge in [0.25, 0.3) is 0 Å². The minimum atomic E-state index is -0.999. The number of pyridine rings is 1. The van der Waals surface area contributed by atoms with E-state index in [-0.39, 0.29) is 36.1 Å². The van der Waals surface area contributed by atoms with Crippen LogP contribution >= 0.6 is 0 Å². The molecule has 7 nitrogen and oxygen atoms in total. The highest BCUT2D eigenvalue weighted by molar-refractivity contribution is 5.92. The summed E-state index contributed by atoms with van der Waals surface area (Å²) in [5.74, 6) is -0.992. The zero-order chi connectivity index (χ0) is 28.5. The van der Waals surface area contributed by atoms with Crippen molar-refractivity contribution >= 4 is 17.0 Å². The van der Waals surface area contributed by atoms with Gasteiger partial charge in [-0.1, -0.05) is 24.3 Å². The predicted octanol–water partition coefficient (Wildman–Crippen LogP) is 6.84. The first-order chi connectivity index (χ1) is 19.9. The number of fused-ring (bicyclic) bond motifs is 1. The minimum Gasteiger partial charge on any atom is -0.478 e. The summed E-state index contributed by atoms with van der Waals surface area (Å²) in [6, 6.07) is 21.2. The van der Waals surface area contributed by atoms with Gasteiger partial charge in [-0.15, -0.1) is 0 Å². The van der Waals surface area contributed by atoms with Crippen LogP contribution in [0.15, 0.2) is 72.8 Å². The number of nitriles is 1. The third-order valence-electron chi connectivity index (χ3n) is 7.43. The van der Waals surface area contributed by atoms with E-state index < -0.39 is 17.6 Å². The molecule has 204 valence electrons. The number of hydrogen-bond acceptors (Lipinski definition) is 5. The summed E-state index contributed by atoms with van der Waals surface area (Å²) >= 11 is 0. The Bertz CT molecular complexity index is 1840. The molecule has 0 amide bonds. The molecule has 5 aromatic rings. The number of benzene rings is 3. The Balaban J connectivity index is 1.23. The van der Waals surface area contributed by atoms with E-state index in [4.69, 9.17) is 15.0 Å². The van der Waals surface area contributed by atoms with Crippen molar-refractivity contribution in [3.05, 3.63) is 113 Å². The molecule has 1 aliphatic rings. The molecule has 0 atom stereocenters. The van der Waals surface area contributed by atoms with Crippen molar-refractivity contribution in [3.8, 4) is 23.2 Å². The lowest BCUT2D eigenvalue weighted by molar-refractivity contribution is 0.0697. The molecule has 6 rings (SSSR count). The Kier molecular flexibility index (Phi) is 6.89. The molecule has 9 heteroatoms. The van der Waals surface area contributed by atoms with Crippen LogP contribution in [0.25, 0.3) is 22.3 Å². The summed E-state index contributed by atoms with van der Waals surface area (Å²) in [5.41, 5.74) is 3.67. The third kappa shape index (κ3) is 5.24. The van der Waals surface area contributed by atoms with Crippen molar-refractivity contribution in [3.63, 3.8) is 0 Å². The van der Waals surface area contributed by atoms with Crippen molar-refractivity contribution in [1.82, 2.24) is 14.5 Å². The number of aromatic carboxylic acids is 1. The van der Waals surface area contributed by atoms with E-state index in [1.54, 1.807) is 42.5 Å². The fourth-order valence-corrected chi connectivity index (χ4v) is 5.01. The normalized spacial score (nSPS) is 13.1. The van der Waals surface area contributed by atoms with E-state index in [2.05, 4.69) is 9.55 Å². The summed E-state index contributed by atoms with van der Waals surface area (Å²) in [6.45, 7) is -0.0722. The topological polar surface area (TPSA) is 101 Å². The number of halogens is 2. The van der Waals surface area contributed by atoms with Crippen molar-refractivity contribution in [1.29, 1.82) is 5.26 Å². The monoisotopic (exact) mass is 550 g/mol. The highest BCUT2D eigenvalue weighted by Crippen LogP contribution is 2.36. The van der Waals surface area contributed by atoms with Crippen LogP contribution in [-0.2, 0) is 13.0 Å². The summed E-state index contributed by atoms with van der Waals surface area (Å²) in [6.07, 6.45) is 3.29. The second kappa shape index (κ2) is 10.8. The van der Waals surface area contributed by atoms with Gasteiger partial charge in [0.2, 0.25) is 5.88 Å². The average Bonchev–Trinajstić information content (AvgIpc) is 3.29. The SMILES string of the molecule is N#Cc1ccc(COc2cccc(-c3ccc(Cc4nc5ccc(C(=O)O)cc5n4C4CCC4)c(F)c3)n2)c(F)c1. The molecular weight excluding hydrogens is 526 g/mol. The lowest BCUT2D eigenvalue weighted by atomic mass is 9.92. The largest absolute Gasteiger partial charge is 0.478 e. The molecule has 0 spiro atoms. The Morgan fingerprint density at radius 3 is 2.51 bits per heavy atom. The molecule has 2 aromatic heterocycles. The molecule has 0 radical (unpaired) electrons. The highest BCUT2D eigenvalue weighted by atomic mass is 19.1. The summed E-state index contributed by atoms with van der Waals surface area (Å²) in [4.78, 5) is 20.7. The van der Waals surface area contributed by atoms with Gasteiger partial charge in [0.1, 0.15) is 24.1 Å². The quantitative estimate of drug-likeness (QED) is 0.227. The molecule has 3 aromatic carbocycles. The van der Waals surface area contributed by atoms with E-state index in [1.165, 1.54) is 24.3 Å². The lowest BCUT2D eigenvalue weighted by Crippen LogP contribution is -2.19. The zero-order valence-electron chi connectivity index (χ0n) is 21.8. The Labute approximate surface area is 234 Å². The van der Waals surface area contributed by atoms with Gasteiger partial charge in [0, 0.05) is 29.7 Å². The number of imidazole rings is 1. The number of aromatic nitrogens is 3. The second-order valence-electron chi connectivity index (χ2n) is 10.0. The summed E-state index contributed by atoms with van der Waals surface area (Å²) in [5, 5.41) is 18.4. The molecule has 1 saturated carbocycles. The first-order valence-corrected chi connectivity index (χ1v) is 13.2. The Morgan fingerprint density at radius 1 is 1.00 bits per heavy atom. The molecule has 1 N–H and O–H groups in total. The van der Waals surface area contributed by atoms with E-state index in [0.717, 1.165) is 30.8 Å². The van der Waals surface area contributed by atoms with Gasteiger partial charge in [0.15, 0.2) is 0 Å². The highest BCUT2D eigenvalue weighted by Gasteiger charge is 2.26. The minimum absolute atomic E-state index is 0.0722. The number of rotatable bonds is 8. The Morgan fingerprint density at radius 2 is 1.80 bits per heavy atom. The van der Waals surface area contributed by atoms with E-state index >= 15 is 4.39 Å². The van der Waals surface area contributed by atoms with Gasteiger partial charge in [-0.3, -0.25) is 0 Å². The molecule has 1 aliphatic carbocycles. The van der Waals surface area contributed by atoms with Gasteiger partial charge < -0.3 is 14.4 Å². The predicted molar refractivity (Wildman–Crippen MR) is 147 cm³/mol. The molecular formula is C32H24F2N4O3. The van der Waals surface area contributed by atoms with Gasteiger partial charge in [-0.05, 0) is 67.3 Å².